The molecule has 0 amide bonds. The highest BCUT2D eigenvalue weighted by Gasteiger charge is 1.96. The summed E-state index contributed by atoms with van der Waals surface area (Å²) >= 11 is 0. The van der Waals surface area contributed by atoms with Crippen molar-refractivity contribution in [3.63, 3.8) is 0 Å². The molecule has 0 aliphatic rings. The normalized spacial score (nSPS) is 11.3. The predicted molar refractivity (Wildman–Crippen MR) is 77.2 cm³/mol. The monoisotopic (exact) mass is 239 g/mol. The van der Waals surface area contributed by atoms with Crippen LogP contribution in [0.4, 0.5) is 11.4 Å². The second-order valence-corrected chi connectivity index (χ2v) is 4.01. The SMILES string of the molecule is CCc1cccc(NC(N)=Nc2ccccc2)c1. The van der Waals surface area contributed by atoms with Crippen LogP contribution in [0.15, 0.2) is 59.6 Å². The molecule has 92 valence electrons. The molecule has 0 saturated heterocycles. The molecule has 18 heavy (non-hydrogen) atoms. The van der Waals surface area contributed by atoms with Crippen LogP contribution in [-0.4, -0.2) is 5.96 Å². The van der Waals surface area contributed by atoms with Gasteiger partial charge in [-0.1, -0.05) is 37.3 Å². The maximum atomic E-state index is 5.87. The van der Waals surface area contributed by atoms with E-state index in [0.29, 0.717) is 5.96 Å². The summed E-state index contributed by atoms with van der Waals surface area (Å²) in [5, 5.41) is 3.09. The number of hydrogen-bond donors (Lipinski definition) is 2. The summed E-state index contributed by atoms with van der Waals surface area (Å²) in [6, 6.07) is 17.8. The highest BCUT2D eigenvalue weighted by atomic mass is 15.1. The van der Waals surface area contributed by atoms with Crippen molar-refractivity contribution < 1.29 is 0 Å². The highest BCUT2D eigenvalue weighted by molar-refractivity contribution is 5.94. The van der Waals surface area contributed by atoms with Crippen LogP contribution in [0.3, 0.4) is 0 Å². The summed E-state index contributed by atoms with van der Waals surface area (Å²) < 4.78 is 0. The smallest absolute Gasteiger partial charge is 0.198 e. The zero-order chi connectivity index (χ0) is 12.8. The quantitative estimate of drug-likeness (QED) is 0.637. The van der Waals surface area contributed by atoms with Gasteiger partial charge in [0.15, 0.2) is 5.96 Å². The first-order valence-electron chi connectivity index (χ1n) is 6.03. The molecular weight excluding hydrogens is 222 g/mol. The van der Waals surface area contributed by atoms with Crippen molar-refractivity contribution in [1.82, 2.24) is 0 Å². The lowest BCUT2D eigenvalue weighted by Gasteiger charge is -2.06. The molecule has 0 fully saturated rings. The summed E-state index contributed by atoms with van der Waals surface area (Å²) in [6.07, 6.45) is 1.01. The molecule has 2 rings (SSSR count). The van der Waals surface area contributed by atoms with Gasteiger partial charge in [0.25, 0.3) is 0 Å². The van der Waals surface area contributed by atoms with E-state index in [2.05, 4.69) is 29.4 Å². The van der Waals surface area contributed by atoms with Crippen molar-refractivity contribution >= 4 is 17.3 Å². The molecular formula is C15H17N3. The van der Waals surface area contributed by atoms with Gasteiger partial charge in [0.05, 0.1) is 5.69 Å². The molecule has 0 unspecified atom stereocenters. The molecule has 0 aromatic heterocycles. The van der Waals surface area contributed by atoms with Crippen molar-refractivity contribution in [2.75, 3.05) is 5.32 Å². The Hall–Kier alpha value is -2.29. The Bertz CT molecular complexity index is 532. The number of hydrogen-bond acceptors (Lipinski definition) is 1. The zero-order valence-corrected chi connectivity index (χ0v) is 10.4. The van der Waals surface area contributed by atoms with Gasteiger partial charge in [0.1, 0.15) is 0 Å². The Morgan fingerprint density at radius 3 is 2.61 bits per heavy atom. The first-order chi connectivity index (χ1) is 8.78. The topological polar surface area (TPSA) is 50.4 Å². The van der Waals surface area contributed by atoms with Crippen LogP contribution in [0, 0.1) is 0 Å². The standard InChI is InChI=1S/C15H17N3/c1-2-12-7-6-10-14(11-12)18-15(16)17-13-8-4-3-5-9-13/h3-11H,2H2,1H3,(H3,16,17,18). The largest absolute Gasteiger partial charge is 0.369 e. The summed E-state index contributed by atoms with van der Waals surface area (Å²) in [6.45, 7) is 2.13. The molecule has 0 spiro atoms. The van der Waals surface area contributed by atoms with Crippen molar-refractivity contribution in [3.8, 4) is 0 Å². The Kier molecular flexibility index (Phi) is 3.97. The molecule has 2 aromatic rings. The summed E-state index contributed by atoms with van der Waals surface area (Å²) in [5.41, 5.74) is 8.95. The molecule has 3 nitrogen and oxygen atoms in total. The fraction of sp³-hybridized carbons (Fsp3) is 0.133. The number of aliphatic imine (C=N–C) groups is 1. The van der Waals surface area contributed by atoms with Gasteiger partial charge in [0, 0.05) is 5.69 Å². The van der Waals surface area contributed by atoms with E-state index in [1.54, 1.807) is 0 Å². The van der Waals surface area contributed by atoms with Gasteiger partial charge in [-0.2, -0.15) is 0 Å². The number of aryl methyl sites for hydroxylation is 1. The average Bonchev–Trinajstić information content (AvgIpc) is 2.40. The van der Waals surface area contributed by atoms with Crippen LogP contribution in [0.1, 0.15) is 12.5 Å². The zero-order valence-electron chi connectivity index (χ0n) is 10.4. The van der Waals surface area contributed by atoms with Crippen LogP contribution in [0.5, 0.6) is 0 Å². The summed E-state index contributed by atoms with van der Waals surface area (Å²) in [5.74, 6) is 0.398. The average molecular weight is 239 g/mol. The number of para-hydroxylation sites is 1. The molecule has 0 radical (unpaired) electrons. The van der Waals surface area contributed by atoms with E-state index in [0.717, 1.165) is 17.8 Å². The lowest BCUT2D eigenvalue weighted by atomic mass is 10.1. The van der Waals surface area contributed by atoms with Crippen molar-refractivity contribution in [3.05, 3.63) is 60.2 Å². The van der Waals surface area contributed by atoms with E-state index in [-0.39, 0.29) is 0 Å². The van der Waals surface area contributed by atoms with E-state index in [4.69, 9.17) is 5.73 Å². The Morgan fingerprint density at radius 1 is 1.11 bits per heavy atom. The van der Waals surface area contributed by atoms with E-state index in [9.17, 15) is 0 Å². The number of guanidine groups is 1. The van der Waals surface area contributed by atoms with E-state index >= 15 is 0 Å². The molecule has 0 atom stereocenters. The number of anilines is 1. The number of nitrogens with two attached hydrogens (primary N) is 1. The Labute approximate surface area is 107 Å². The molecule has 0 heterocycles. The Morgan fingerprint density at radius 2 is 1.89 bits per heavy atom. The van der Waals surface area contributed by atoms with E-state index in [1.165, 1.54) is 5.56 Å². The van der Waals surface area contributed by atoms with Gasteiger partial charge in [-0.15, -0.1) is 0 Å². The van der Waals surface area contributed by atoms with Gasteiger partial charge in [0.2, 0.25) is 0 Å². The third-order valence-electron chi connectivity index (χ3n) is 2.61. The van der Waals surface area contributed by atoms with Crippen LogP contribution < -0.4 is 11.1 Å². The first-order valence-corrected chi connectivity index (χ1v) is 6.03. The molecule has 0 saturated carbocycles. The second-order valence-electron chi connectivity index (χ2n) is 4.01. The van der Waals surface area contributed by atoms with Crippen LogP contribution in [-0.2, 0) is 6.42 Å². The first kappa shape index (κ1) is 12.2. The fourth-order valence-electron chi connectivity index (χ4n) is 1.69. The number of nitrogens with zero attached hydrogens (tertiary/aromatic N) is 1. The third-order valence-corrected chi connectivity index (χ3v) is 2.61. The second kappa shape index (κ2) is 5.87. The minimum Gasteiger partial charge on any atom is -0.369 e. The van der Waals surface area contributed by atoms with Crippen molar-refractivity contribution in [1.29, 1.82) is 0 Å². The summed E-state index contributed by atoms with van der Waals surface area (Å²) in [4.78, 5) is 4.29. The van der Waals surface area contributed by atoms with Gasteiger partial charge >= 0.3 is 0 Å². The molecule has 0 aliphatic heterocycles. The van der Waals surface area contributed by atoms with Crippen LogP contribution >= 0.6 is 0 Å². The minimum atomic E-state index is 0.398. The number of benzene rings is 2. The molecule has 2 aromatic carbocycles. The molecule has 3 heteroatoms. The lowest BCUT2D eigenvalue weighted by molar-refractivity contribution is 1.14. The predicted octanol–water partition coefficient (Wildman–Crippen LogP) is 3.31. The molecule has 3 N–H and O–H groups in total. The van der Waals surface area contributed by atoms with Crippen LogP contribution in [0.2, 0.25) is 0 Å². The fourth-order valence-corrected chi connectivity index (χ4v) is 1.69. The highest BCUT2D eigenvalue weighted by Crippen LogP contribution is 2.13. The van der Waals surface area contributed by atoms with E-state index in [1.807, 2.05) is 42.5 Å². The maximum Gasteiger partial charge on any atom is 0.198 e. The number of rotatable bonds is 3. The molecule has 0 aliphatic carbocycles. The lowest BCUT2D eigenvalue weighted by Crippen LogP contribution is -2.21. The van der Waals surface area contributed by atoms with Gasteiger partial charge in [-0.05, 0) is 36.2 Å². The van der Waals surface area contributed by atoms with E-state index < -0.39 is 0 Å². The molecule has 0 bridgehead atoms. The number of nitrogens with one attached hydrogen (secondary N) is 1. The third kappa shape index (κ3) is 3.35. The minimum absolute atomic E-state index is 0.398. The van der Waals surface area contributed by atoms with Crippen LogP contribution in [0.25, 0.3) is 0 Å². The maximum absolute atomic E-state index is 5.87. The van der Waals surface area contributed by atoms with Gasteiger partial charge < -0.3 is 11.1 Å². The van der Waals surface area contributed by atoms with Gasteiger partial charge in [-0.25, -0.2) is 4.99 Å². The summed E-state index contributed by atoms with van der Waals surface area (Å²) in [7, 11) is 0. The van der Waals surface area contributed by atoms with Gasteiger partial charge in [-0.3, -0.25) is 0 Å². The Balaban J connectivity index is 2.11. The van der Waals surface area contributed by atoms with Crippen molar-refractivity contribution in [2.24, 2.45) is 10.7 Å². The van der Waals surface area contributed by atoms with Crippen molar-refractivity contribution in [2.45, 2.75) is 13.3 Å².